The zero-order chi connectivity index (χ0) is 22.5. The molecule has 1 aromatic rings. The quantitative estimate of drug-likeness (QED) is 0.429. The molecule has 0 spiro atoms. The Morgan fingerprint density at radius 1 is 0.839 bits per heavy atom. The van der Waals surface area contributed by atoms with Crippen LogP contribution in [0.5, 0.6) is 0 Å². The number of halogens is 3. The predicted molar refractivity (Wildman–Crippen MR) is 117 cm³/mol. The van der Waals surface area contributed by atoms with E-state index >= 15 is 0 Å². The number of carbonyl (C=O) groups excluding carboxylic acids is 2. The maximum atomic E-state index is 13.0. The molecule has 7 heteroatoms. The Morgan fingerprint density at radius 2 is 1.29 bits per heavy atom. The summed E-state index contributed by atoms with van der Waals surface area (Å²) in [6.45, 7) is 2.41. The minimum absolute atomic E-state index is 0.186. The van der Waals surface area contributed by atoms with Gasteiger partial charge < -0.3 is 9.47 Å². The van der Waals surface area contributed by atoms with Gasteiger partial charge in [-0.1, -0.05) is 28.1 Å². The number of carbonyl (C=O) groups is 2. The van der Waals surface area contributed by atoms with Gasteiger partial charge in [-0.05, 0) is 94.2 Å². The SMILES string of the molecule is C[C@H](F)C(=O)OC1CCC(c2ccc(C3CCC(OC(=O)[C@H](C)F)CC3)c(Br)c2)CC1. The van der Waals surface area contributed by atoms with Crippen molar-refractivity contribution in [2.45, 2.75) is 102 Å². The molecule has 0 unspecified atom stereocenters. The van der Waals surface area contributed by atoms with Crippen LogP contribution in [0.4, 0.5) is 8.78 Å². The smallest absolute Gasteiger partial charge is 0.340 e. The molecule has 2 aliphatic carbocycles. The highest BCUT2D eigenvalue weighted by Gasteiger charge is 2.29. The molecule has 0 radical (unpaired) electrons. The van der Waals surface area contributed by atoms with Crippen LogP contribution in [0.2, 0.25) is 0 Å². The topological polar surface area (TPSA) is 52.6 Å². The number of alkyl halides is 2. The highest BCUT2D eigenvalue weighted by atomic mass is 79.9. The average Bonchev–Trinajstić information content (AvgIpc) is 2.74. The van der Waals surface area contributed by atoms with E-state index in [2.05, 4.69) is 34.1 Å². The molecule has 0 amide bonds. The molecule has 2 fully saturated rings. The number of esters is 2. The van der Waals surface area contributed by atoms with Crippen LogP contribution in [0.25, 0.3) is 0 Å². The van der Waals surface area contributed by atoms with E-state index in [0.29, 0.717) is 11.8 Å². The Bertz CT molecular complexity index is 767. The van der Waals surface area contributed by atoms with Gasteiger partial charge in [0.2, 0.25) is 0 Å². The van der Waals surface area contributed by atoms with Crippen molar-refractivity contribution < 1.29 is 27.8 Å². The van der Waals surface area contributed by atoms with E-state index in [9.17, 15) is 18.4 Å². The molecule has 2 aliphatic rings. The second-order valence-electron chi connectivity index (χ2n) is 8.83. The summed E-state index contributed by atoms with van der Waals surface area (Å²) in [6.07, 6.45) is 3.10. The van der Waals surface area contributed by atoms with Gasteiger partial charge in [0.1, 0.15) is 12.2 Å². The van der Waals surface area contributed by atoms with Crippen molar-refractivity contribution in [3.63, 3.8) is 0 Å². The first kappa shape index (κ1) is 24.1. The number of ether oxygens (including phenoxy) is 2. The number of hydrogen-bond donors (Lipinski definition) is 0. The van der Waals surface area contributed by atoms with Crippen molar-refractivity contribution in [1.82, 2.24) is 0 Å². The highest BCUT2D eigenvalue weighted by Crippen LogP contribution is 2.40. The van der Waals surface area contributed by atoms with Gasteiger partial charge in [0.15, 0.2) is 12.3 Å². The molecule has 3 rings (SSSR count). The third-order valence-corrected chi connectivity index (χ3v) is 7.19. The second-order valence-corrected chi connectivity index (χ2v) is 9.69. The van der Waals surface area contributed by atoms with Gasteiger partial charge in [-0.3, -0.25) is 0 Å². The van der Waals surface area contributed by atoms with E-state index in [-0.39, 0.29) is 12.2 Å². The normalized spacial score (nSPS) is 28.4. The molecular weight excluding hydrogens is 470 g/mol. The fraction of sp³-hybridized carbons (Fsp3) is 0.667. The monoisotopic (exact) mass is 500 g/mol. The van der Waals surface area contributed by atoms with Crippen LogP contribution in [-0.4, -0.2) is 36.5 Å². The van der Waals surface area contributed by atoms with Crippen molar-refractivity contribution in [1.29, 1.82) is 0 Å². The van der Waals surface area contributed by atoms with Crippen molar-refractivity contribution in [2.24, 2.45) is 0 Å². The molecule has 1 aromatic carbocycles. The molecule has 172 valence electrons. The van der Waals surface area contributed by atoms with Gasteiger partial charge in [0.25, 0.3) is 0 Å². The summed E-state index contributed by atoms with van der Waals surface area (Å²) in [6, 6.07) is 6.54. The Hall–Kier alpha value is -1.50. The van der Waals surface area contributed by atoms with Crippen LogP contribution in [0.15, 0.2) is 22.7 Å². The lowest BCUT2D eigenvalue weighted by Crippen LogP contribution is -2.27. The number of benzene rings is 1. The van der Waals surface area contributed by atoms with Gasteiger partial charge in [-0.15, -0.1) is 0 Å². The van der Waals surface area contributed by atoms with Gasteiger partial charge in [0.05, 0.1) is 0 Å². The molecule has 0 aromatic heterocycles. The lowest BCUT2D eigenvalue weighted by molar-refractivity contribution is -0.156. The first-order valence-electron chi connectivity index (χ1n) is 11.2. The lowest BCUT2D eigenvalue weighted by Gasteiger charge is -2.31. The van der Waals surface area contributed by atoms with E-state index in [1.165, 1.54) is 25.0 Å². The fourth-order valence-corrected chi connectivity index (χ4v) is 5.37. The molecule has 4 nitrogen and oxygen atoms in total. The van der Waals surface area contributed by atoms with Crippen LogP contribution in [0.3, 0.4) is 0 Å². The van der Waals surface area contributed by atoms with E-state index < -0.39 is 24.3 Å². The zero-order valence-electron chi connectivity index (χ0n) is 18.1. The third kappa shape index (κ3) is 6.50. The Labute approximate surface area is 191 Å². The molecular formula is C24H31BrF2O4. The molecule has 2 saturated carbocycles. The highest BCUT2D eigenvalue weighted by molar-refractivity contribution is 9.10. The Balaban J connectivity index is 1.52. The summed E-state index contributed by atoms with van der Waals surface area (Å²) in [4.78, 5) is 22.9. The van der Waals surface area contributed by atoms with Crippen LogP contribution in [0, 0.1) is 0 Å². The molecule has 0 N–H and O–H groups in total. The standard InChI is InChI=1S/C24H31BrF2O4/c1-14(26)23(28)30-19-8-3-16(4-9-19)18-7-12-21(22(25)13-18)17-5-10-20(11-6-17)31-24(29)15(2)27/h7,12-17,19-20H,3-6,8-11H2,1-2H3/t14-,15-,16?,17?,19?,20?/m0/s1. The van der Waals surface area contributed by atoms with E-state index in [1.807, 2.05) is 0 Å². The molecule has 2 atom stereocenters. The van der Waals surface area contributed by atoms with Crippen molar-refractivity contribution in [2.75, 3.05) is 0 Å². The largest absolute Gasteiger partial charge is 0.460 e. The minimum atomic E-state index is -1.58. The van der Waals surface area contributed by atoms with Crippen molar-refractivity contribution in [3.8, 4) is 0 Å². The summed E-state index contributed by atoms with van der Waals surface area (Å²) < 4.78 is 37.6. The van der Waals surface area contributed by atoms with E-state index in [0.717, 1.165) is 55.8 Å². The lowest BCUT2D eigenvalue weighted by atomic mass is 9.80. The molecule has 0 bridgehead atoms. The van der Waals surface area contributed by atoms with Crippen LogP contribution in [0.1, 0.15) is 88.2 Å². The van der Waals surface area contributed by atoms with Gasteiger partial charge in [-0.2, -0.15) is 0 Å². The fourth-order valence-electron chi connectivity index (χ4n) is 4.65. The minimum Gasteiger partial charge on any atom is -0.460 e. The average molecular weight is 501 g/mol. The van der Waals surface area contributed by atoms with Crippen LogP contribution >= 0.6 is 15.9 Å². The summed E-state index contributed by atoms with van der Waals surface area (Å²) in [5, 5.41) is 0. The van der Waals surface area contributed by atoms with Gasteiger partial charge >= 0.3 is 11.9 Å². The third-order valence-electron chi connectivity index (χ3n) is 6.50. The summed E-state index contributed by atoms with van der Waals surface area (Å²) >= 11 is 3.74. The number of rotatable bonds is 6. The van der Waals surface area contributed by atoms with Gasteiger partial charge in [0, 0.05) is 4.47 Å². The maximum Gasteiger partial charge on any atom is 0.340 e. The van der Waals surface area contributed by atoms with Crippen molar-refractivity contribution in [3.05, 3.63) is 33.8 Å². The summed E-state index contributed by atoms with van der Waals surface area (Å²) in [5.74, 6) is -0.739. The predicted octanol–water partition coefficient (Wildman–Crippen LogP) is 6.30. The summed E-state index contributed by atoms with van der Waals surface area (Å²) in [5.41, 5.74) is 2.52. The first-order chi connectivity index (χ1) is 14.7. The maximum absolute atomic E-state index is 13.0. The Morgan fingerprint density at radius 3 is 1.71 bits per heavy atom. The van der Waals surface area contributed by atoms with E-state index in [4.69, 9.17) is 9.47 Å². The molecule has 31 heavy (non-hydrogen) atoms. The molecule has 0 heterocycles. The Kier molecular flexibility index (Phi) is 8.48. The van der Waals surface area contributed by atoms with E-state index in [1.54, 1.807) is 0 Å². The van der Waals surface area contributed by atoms with Crippen molar-refractivity contribution >= 4 is 27.9 Å². The molecule has 0 saturated heterocycles. The van der Waals surface area contributed by atoms with Crippen LogP contribution in [-0.2, 0) is 19.1 Å². The van der Waals surface area contributed by atoms with Gasteiger partial charge in [-0.25, -0.2) is 18.4 Å². The second kappa shape index (κ2) is 10.9. The first-order valence-corrected chi connectivity index (χ1v) is 12.0. The molecule has 0 aliphatic heterocycles. The number of hydrogen-bond acceptors (Lipinski definition) is 4. The van der Waals surface area contributed by atoms with Crippen LogP contribution < -0.4 is 0 Å². The summed E-state index contributed by atoms with van der Waals surface area (Å²) in [7, 11) is 0. The zero-order valence-corrected chi connectivity index (χ0v) is 19.7.